The topological polar surface area (TPSA) is 81.7 Å². The van der Waals surface area contributed by atoms with E-state index in [1.165, 1.54) is 13.2 Å². The van der Waals surface area contributed by atoms with Crippen LogP contribution in [0.2, 0.25) is 0 Å². The van der Waals surface area contributed by atoms with Crippen LogP contribution in [0.4, 0.5) is 0 Å². The fraction of sp³-hybridized carbons (Fsp3) is 0.316. The van der Waals surface area contributed by atoms with Gasteiger partial charge in [-0.05, 0) is 24.5 Å². The summed E-state index contributed by atoms with van der Waals surface area (Å²) in [5.74, 6) is -0.162. The molecule has 1 atom stereocenters. The van der Waals surface area contributed by atoms with E-state index in [4.69, 9.17) is 9.47 Å². The lowest BCUT2D eigenvalue weighted by Crippen LogP contribution is -2.37. The highest BCUT2D eigenvalue weighted by Gasteiger charge is 2.40. The predicted octanol–water partition coefficient (Wildman–Crippen LogP) is 2.12. The maximum absolute atomic E-state index is 12.8. The highest BCUT2D eigenvalue weighted by atomic mass is 32.2. The highest BCUT2D eigenvalue weighted by Crippen LogP contribution is 2.34. The molecule has 2 aliphatic rings. The molecule has 0 aromatic heterocycles. The maximum atomic E-state index is 12.8. The Morgan fingerprint density at radius 3 is 2.58 bits per heavy atom. The number of ketones is 2. The molecule has 26 heavy (non-hydrogen) atoms. The smallest absolute Gasteiger partial charge is 0.286 e. The minimum atomic E-state index is -1.09. The van der Waals surface area contributed by atoms with Crippen molar-refractivity contribution in [3.63, 3.8) is 0 Å². The van der Waals surface area contributed by atoms with Crippen molar-refractivity contribution >= 4 is 29.2 Å². The van der Waals surface area contributed by atoms with Crippen molar-refractivity contribution in [1.29, 1.82) is 0 Å². The number of hydrogen-bond donors (Lipinski definition) is 1. The molecule has 1 aromatic carbocycles. The van der Waals surface area contributed by atoms with Gasteiger partial charge in [-0.2, -0.15) is 11.8 Å². The summed E-state index contributed by atoms with van der Waals surface area (Å²) in [5.41, 5.74) is 0.931. The van der Waals surface area contributed by atoms with Gasteiger partial charge in [0.2, 0.25) is 6.29 Å². The van der Waals surface area contributed by atoms with Crippen LogP contribution in [0, 0.1) is 0 Å². The molecule has 1 heterocycles. The maximum Gasteiger partial charge on any atom is 0.286 e. The van der Waals surface area contributed by atoms with Crippen LogP contribution in [0.15, 0.2) is 47.2 Å². The van der Waals surface area contributed by atoms with E-state index in [1.807, 2.05) is 6.26 Å². The molecule has 6 nitrogen and oxygen atoms in total. The number of methoxy groups -OCH3 is 1. The third kappa shape index (κ3) is 3.32. The normalized spacial score (nSPS) is 18.7. The van der Waals surface area contributed by atoms with Gasteiger partial charge in [0.05, 0.1) is 5.57 Å². The zero-order chi connectivity index (χ0) is 18.7. The number of nitrogens with one attached hydrogen (secondary N) is 1. The molecule has 0 bridgehead atoms. The molecule has 1 aliphatic heterocycles. The van der Waals surface area contributed by atoms with Crippen LogP contribution in [0.1, 0.15) is 27.1 Å². The Morgan fingerprint density at radius 2 is 1.92 bits per heavy atom. The second kappa shape index (κ2) is 7.88. The van der Waals surface area contributed by atoms with Gasteiger partial charge in [0.15, 0.2) is 17.3 Å². The van der Waals surface area contributed by atoms with Gasteiger partial charge in [-0.1, -0.05) is 24.3 Å². The molecule has 136 valence electrons. The summed E-state index contributed by atoms with van der Waals surface area (Å²) in [6, 6.07) is 6.60. The highest BCUT2D eigenvalue weighted by molar-refractivity contribution is 7.98. The first kappa shape index (κ1) is 18.4. The number of thioether (sulfide) groups is 1. The van der Waals surface area contributed by atoms with E-state index in [1.54, 1.807) is 36.0 Å². The van der Waals surface area contributed by atoms with Crippen LogP contribution in [0.25, 0.3) is 0 Å². The van der Waals surface area contributed by atoms with Gasteiger partial charge >= 0.3 is 0 Å². The molecule has 0 fully saturated rings. The van der Waals surface area contributed by atoms with Crippen molar-refractivity contribution in [3.8, 4) is 0 Å². The fourth-order valence-electron chi connectivity index (χ4n) is 2.92. The third-order valence-corrected chi connectivity index (χ3v) is 4.89. The van der Waals surface area contributed by atoms with Crippen molar-refractivity contribution < 1.29 is 23.9 Å². The number of rotatable bonds is 6. The lowest BCUT2D eigenvalue weighted by Gasteiger charge is -2.29. The van der Waals surface area contributed by atoms with E-state index in [-0.39, 0.29) is 28.5 Å². The standard InChI is InChI=1S/C19H19NO5S/c1-24-19-15-13(10-14(25-19)18(23)20-8-5-9-26-2)16(21)11-6-3-4-7-12(11)17(15)22/h3-4,6-7,10,19H,5,8-9H2,1-2H3,(H,20,23). The number of ether oxygens (including phenoxy) is 2. The van der Waals surface area contributed by atoms with Gasteiger partial charge in [0, 0.05) is 30.4 Å². The molecule has 7 heteroatoms. The largest absolute Gasteiger partial charge is 0.455 e. The summed E-state index contributed by atoms with van der Waals surface area (Å²) < 4.78 is 10.8. The molecule has 1 aliphatic carbocycles. The summed E-state index contributed by atoms with van der Waals surface area (Å²) in [6.45, 7) is 0.500. The van der Waals surface area contributed by atoms with E-state index in [0.29, 0.717) is 17.7 Å². The van der Waals surface area contributed by atoms with Gasteiger partial charge in [-0.3, -0.25) is 14.4 Å². The van der Waals surface area contributed by atoms with E-state index in [2.05, 4.69) is 5.32 Å². The summed E-state index contributed by atoms with van der Waals surface area (Å²) >= 11 is 1.70. The molecular weight excluding hydrogens is 354 g/mol. The number of fused-ring (bicyclic) bond motifs is 1. The monoisotopic (exact) mass is 373 g/mol. The Morgan fingerprint density at radius 1 is 1.23 bits per heavy atom. The van der Waals surface area contributed by atoms with Gasteiger partial charge in [0.1, 0.15) is 0 Å². The second-order valence-electron chi connectivity index (χ2n) is 5.83. The van der Waals surface area contributed by atoms with Crippen LogP contribution >= 0.6 is 11.8 Å². The molecule has 0 spiro atoms. The van der Waals surface area contributed by atoms with Gasteiger partial charge in [-0.15, -0.1) is 0 Å². The number of hydrogen-bond acceptors (Lipinski definition) is 6. The zero-order valence-corrected chi connectivity index (χ0v) is 15.4. The van der Waals surface area contributed by atoms with Gasteiger partial charge in [0.25, 0.3) is 5.91 Å². The number of carbonyl (C=O) groups excluding carboxylic acids is 3. The molecule has 0 saturated carbocycles. The van der Waals surface area contributed by atoms with Crippen molar-refractivity contribution in [3.05, 3.63) is 58.4 Å². The van der Waals surface area contributed by atoms with E-state index in [9.17, 15) is 14.4 Å². The van der Waals surface area contributed by atoms with Crippen molar-refractivity contribution in [2.45, 2.75) is 12.7 Å². The molecule has 1 unspecified atom stereocenters. The Hall–Kier alpha value is -2.38. The van der Waals surface area contributed by atoms with Crippen LogP contribution in [0.5, 0.6) is 0 Å². The van der Waals surface area contributed by atoms with E-state index in [0.717, 1.165) is 12.2 Å². The van der Waals surface area contributed by atoms with Gasteiger partial charge in [-0.25, -0.2) is 0 Å². The van der Waals surface area contributed by atoms with Crippen molar-refractivity contribution in [2.75, 3.05) is 25.7 Å². The lowest BCUT2D eigenvalue weighted by molar-refractivity contribution is -0.128. The SMILES string of the molecule is COC1OC(C(=O)NCCCSC)=CC2=C1C(=O)c1ccccc1C2=O. The van der Waals surface area contributed by atoms with Crippen molar-refractivity contribution in [1.82, 2.24) is 5.32 Å². The van der Waals surface area contributed by atoms with Crippen LogP contribution < -0.4 is 5.32 Å². The van der Waals surface area contributed by atoms with Crippen LogP contribution in [-0.4, -0.2) is 49.4 Å². The predicted molar refractivity (Wildman–Crippen MR) is 98.1 cm³/mol. The average Bonchev–Trinajstić information content (AvgIpc) is 2.68. The fourth-order valence-corrected chi connectivity index (χ4v) is 3.35. The van der Waals surface area contributed by atoms with Gasteiger partial charge < -0.3 is 14.8 Å². The first-order chi connectivity index (χ1) is 12.6. The van der Waals surface area contributed by atoms with Crippen molar-refractivity contribution in [2.24, 2.45) is 0 Å². The Bertz CT molecular complexity index is 827. The molecular formula is C19H19NO5S. The summed E-state index contributed by atoms with van der Waals surface area (Å²) in [5, 5.41) is 2.75. The lowest BCUT2D eigenvalue weighted by atomic mass is 9.82. The number of amides is 1. The molecule has 1 amide bonds. The summed E-state index contributed by atoms with van der Waals surface area (Å²) in [4.78, 5) is 38.0. The number of carbonyl (C=O) groups is 3. The quantitative estimate of drug-likeness (QED) is 0.769. The third-order valence-electron chi connectivity index (χ3n) is 4.19. The summed E-state index contributed by atoms with van der Waals surface area (Å²) in [6.07, 6.45) is 3.07. The van der Waals surface area contributed by atoms with E-state index >= 15 is 0 Å². The second-order valence-corrected chi connectivity index (χ2v) is 6.81. The number of allylic oxidation sites excluding steroid dienone is 2. The first-order valence-electron chi connectivity index (χ1n) is 8.19. The molecule has 3 rings (SSSR count). The molecule has 0 radical (unpaired) electrons. The first-order valence-corrected chi connectivity index (χ1v) is 9.58. The number of benzene rings is 1. The zero-order valence-electron chi connectivity index (χ0n) is 14.5. The minimum absolute atomic E-state index is 0.0275. The Labute approximate surface area is 155 Å². The number of Topliss-reactive ketones (excluding diaryl/α,β-unsaturated/α-hetero) is 2. The van der Waals surface area contributed by atoms with E-state index < -0.39 is 12.2 Å². The Kier molecular flexibility index (Phi) is 5.58. The molecule has 1 N–H and O–H groups in total. The Balaban J connectivity index is 1.92. The van der Waals surface area contributed by atoms with Crippen LogP contribution in [0.3, 0.4) is 0 Å². The molecule has 0 saturated heterocycles. The summed E-state index contributed by atoms with van der Waals surface area (Å²) in [7, 11) is 1.37. The average molecular weight is 373 g/mol. The molecule has 1 aromatic rings. The van der Waals surface area contributed by atoms with Crippen LogP contribution in [-0.2, 0) is 14.3 Å². The minimum Gasteiger partial charge on any atom is -0.455 e.